The molecule has 1 atom stereocenters. The molecular formula is C17H26ClN3O3. The number of amides is 2. The maximum Gasteiger partial charge on any atom is 0.259 e. The van der Waals surface area contributed by atoms with Crippen LogP contribution in [0.4, 0.5) is 0 Å². The van der Waals surface area contributed by atoms with Crippen LogP contribution in [0.1, 0.15) is 24.9 Å². The Kier molecular flexibility index (Phi) is 8.01. The Hall–Kier alpha value is -1.79. The van der Waals surface area contributed by atoms with E-state index >= 15 is 0 Å². The molecule has 2 amide bonds. The van der Waals surface area contributed by atoms with Gasteiger partial charge in [-0.1, -0.05) is 25.1 Å². The molecule has 1 unspecified atom stereocenters. The number of nitrogens with zero attached hydrogens (tertiary/aromatic N) is 1. The van der Waals surface area contributed by atoms with Gasteiger partial charge in [-0.25, -0.2) is 0 Å². The predicted octanol–water partition coefficient (Wildman–Crippen LogP) is 1.36. The molecule has 1 heterocycles. The van der Waals surface area contributed by atoms with Crippen LogP contribution in [-0.4, -0.2) is 50.5 Å². The zero-order valence-corrected chi connectivity index (χ0v) is 15.2. The van der Waals surface area contributed by atoms with Crippen LogP contribution in [0.3, 0.4) is 0 Å². The summed E-state index contributed by atoms with van der Waals surface area (Å²) in [5.74, 6) is 0.654. The van der Waals surface area contributed by atoms with Crippen molar-refractivity contribution in [1.82, 2.24) is 15.5 Å². The van der Waals surface area contributed by atoms with Gasteiger partial charge in [0.2, 0.25) is 5.91 Å². The Bertz CT molecular complexity index is 562. The molecule has 24 heavy (non-hydrogen) atoms. The molecule has 1 fully saturated rings. The number of ether oxygens (including phenoxy) is 1. The molecule has 0 aliphatic carbocycles. The van der Waals surface area contributed by atoms with Crippen LogP contribution in [0.15, 0.2) is 24.3 Å². The summed E-state index contributed by atoms with van der Waals surface area (Å²) in [6, 6.07) is 7.42. The molecule has 0 radical (unpaired) electrons. The summed E-state index contributed by atoms with van der Waals surface area (Å²) in [5.41, 5.74) is 0.905. The molecule has 0 aromatic heterocycles. The Morgan fingerprint density at radius 1 is 1.33 bits per heavy atom. The highest BCUT2D eigenvalue weighted by molar-refractivity contribution is 5.85. The molecule has 2 N–H and O–H groups in total. The molecule has 7 heteroatoms. The number of likely N-dealkylation sites (N-methyl/N-ethyl adjacent to an activating group) is 1. The van der Waals surface area contributed by atoms with Crippen molar-refractivity contribution in [1.29, 1.82) is 0 Å². The molecule has 134 valence electrons. The molecule has 0 saturated carbocycles. The number of benzene rings is 1. The lowest BCUT2D eigenvalue weighted by Gasteiger charge is -2.29. The van der Waals surface area contributed by atoms with Gasteiger partial charge in [0.15, 0.2) is 6.61 Å². The van der Waals surface area contributed by atoms with E-state index in [1.54, 1.807) is 14.1 Å². The third kappa shape index (κ3) is 5.11. The number of hydrogen-bond acceptors (Lipinski definition) is 4. The van der Waals surface area contributed by atoms with Crippen molar-refractivity contribution in [2.24, 2.45) is 5.92 Å². The molecular weight excluding hydrogens is 330 g/mol. The fourth-order valence-electron chi connectivity index (χ4n) is 2.33. The van der Waals surface area contributed by atoms with Gasteiger partial charge in [0.1, 0.15) is 5.75 Å². The van der Waals surface area contributed by atoms with Gasteiger partial charge in [-0.05, 0) is 12.5 Å². The first-order valence-corrected chi connectivity index (χ1v) is 7.95. The zero-order chi connectivity index (χ0) is 16.8. The van der Waals surface area contributed by atoms with Crippen LogP contribution in [-0.2, 0) is 9.59 Å². The second-order valence-electron chi connectivity index (χ2n) is 5.94. The summed E-state index contributed by atoms with van der Waals surface area (Å²) in [7, 11) is 3.39. The van der Waals surface area contributed by atoms with E-state index in [1.807, 2.05) is 31.2 Å². The predicted molar refractivity (Wildman–Crippen MR) is 95.4 cm³/mol. The summed E-state index contributed by atoms with van der Waals surface area (Å²) in [6.07, 6.45) is 0.758. The molecule has 1 aliphatic heterocycles. The molecule has 1 aromatic carbocycles. The largest absolute Gasteiger partial charge is 0.483 e. The lowest BCUT2D eigenvalue weighted by atomic mass is 9.99. The van der Waals surface area contributed by atoms with Crippen molar-refractivity contribution in [3.8, 4) is 5.75 Å². The van der Waals surface area contributed by atoms with Crippen LogP contribution >= 0.6 is 12.4 Å². The number of carbonyl (C=O) groups excluding carboxylic acids is 2. The Balaban J connectivity index is 0.00000288. The monoisotopic (exact) mass is 355 g/mol. The van der Waals surface area contributed by atoms with Crippen molar-refractivity contribution in [2.75, 3.05) is 33.8 Å². The minimum absolute atomic E-state index is 0. The second kappa shape index (κ2) is 9.49. The number of halogens is 1. The number of hydrogen-bond donors (Lipinski definition) is 2. The van der Waals surface area contributed by atoms with Crippen molar-refractivity contribution in [2.45, 2.75) is 19.4 Å². The molecule has 0 spiro atoms. The number of nitrogens with one attached hydrogen (secondary N) is 2. The van der Waals surface area contributed by atoms with Gasteiger partial charge in [0.25, 0.3) is 5.91 Å². The number of carbonyl (C=O) groups is 2. The summed E-state index contributed by atoms with van der Waals surface area (Å²) < 4.78 is 5.67. The highest BCUT2D eigenvalue weighted by Gasteiger charge is 2.27. The molecule has 6 nitrogen and oxygen atoms in total. The van der Waals surface area contributed by atoms with Gasteiger partial charge in [-0.15, -0.1) is 12.4 Å². The van der Waals surface area contributed by atoms with Gasteiger partial charge in [0, 0.05) is 32.7 Å². The first-order valence-electron chi connectivity index (χ1n) is 7.95. The van der Waals surface area contributed by atoms with E-state index in [9.17, 15) is 9.59 Å². The number of para-hydroxylation sites is 1. The standard InChI is InChI=1S/C17H25N3O3.ClH/c1-4-14(19-17(22)12-9-18-10-12)13-7-5-6-8-15(13)23-11-16(21)20(2)3;/h5-8,12,14,18H,4,9-11H2,1-3H3,(H,19,22);1H. The lowest BCUT2D eigenvalue weighted by Crippen LogP contribution is -2.51. The number of rotatable bonds is 7. The first-order chi connectivity index (χ1) is 11.0. The smallest absolute Gasteiger partial charge is 0.259 e. The van der Waals surface area contributed by atoms with E-state index < -0.39 is 0 Å². The van der Waals surface area contributed by atoms with Gasteiger partial charge in [-0.2, -0.15) is 0 Å². The van der Waals surface area contributed by atoms with Crippen LogP contribution in [0.2, 0.25) is 0 Å². The van der Waals surface area contributed by atoms with Crippen molar-refractivity contribution in [3.63, 3.8) is 0 Å². The quantitative estimate of drug-likeness (QED) is 0.774. The Morgan fingerprint density at radius 2 is 2.00 bits per heavy atom. The normalized spacial score (nSPS) is 14.8. The van der Waals surface area contributed by atoms with E-state index in [4.69, 9.17) is 4.74 Å². The van der Waals surface area contributed by atoms with E-state index in [2.05, 4.69) is 10.6 Å². The van der Waals surface area contributed by atoms with Gasteiger partial charge >= 0.3 is 0 Å². The van der Waals surface area contributed by atoms with Crippen molar-refractivity contribution in [3.05, 3.63) is 29.8 Å². The van der Waals surface area contributed by atoms with Crippen LogP contribution in [0.5, 0.6) is 5.75 Å². The third-order valence-electron chi connectivity index (χ3n) is 4.02. The Morgan fingerprint density at radius 3 is 2.54 bits per heavy atom. The fourth-order valence-corrected chi connectivity index (χ4v) is 2.33. The van der Waals surface area contributed by atoms with Gasteiger partial charge in [0.05, 0.1) is 12.0 Å². The molecule has 2 rings (SSSR count). The SMILES string of the molecule is CCC(NC(=O)C1CNC1)c1ccccc1OCC(=O)N(C)C.Cl. The van der Waals surface area contributed by atoms with E-state index in [1.165, 1.54) is 4.90 Å². The van der Waals surface area contributed by atoms with Gasteiger partial charge in [-0.3, -0.25) is 9.59 Å². The molecule has 1 aromatic rings. The summed E-state index contributed by atoms with van der Waals surface area (Å²) in [5, 5.41) is 6.18. The minimum Gasteiger partial charge on any atom is -0.483 e. The van der Waals surface area contributed by atoms with E-state index in [0.29, 0.717) is 5.75 Å². The maximum atomic E-state index is 12.2. The molecule has 0 bridgehead atoms. The van der Waals surface area contributed by atoms with Crippen LogP contribution < -0.4 is 15.4 Å². The summed E-state index contributed by atoms with van der Waals surface area (Å²) in [4.78, 5) is 25.4. The zero-order valence-electron chi connectivity index (χ0n) is 14.4. The lowest BCUT2D eigenvalue weighted by molar-refractivity contribution is -0.131. The average molecular weight is 356 g/mol. The maximum absolute atomic E-state index is 12.2. The Labute approximate surface area is 149 Å². The van der Waals surface area contributed by atoms with Crippen LogP contribution in [0, 0.1) is 5.92 Å². The average Bonchev–Trinajstić information content (AvgIpc) is 2.48. The molecule has 1 saturated heterocycles. The second-order valence-corrected chi connectivity index (χ2v) is 5.94. The molecule has 1 aliphatic rings. The highest BCUT2D eigenvalue weighted by Crippen LogP contribution is 2.27. The van der Waals surface area contributed by atoms with Crippen molar-refractivity contribution >= 4 is 24.2 Å². The van der Waals surface area contributed by atoms with Crippen molar-refractivity contribution < 1.29 is 14.3 Å². The topological polar surface area (TPSA) is 70.7 Å². The van der Waals surface area contributed by atoms with Gasteiger partial charge < -0.3 is 20.3 Å². The highest BCUT2D eigenvalue weighted by atomic mass is 35.5. The summed E-state index contributed by atoms with van der Waals surface area (Å²) in [6.45, 7) is 3.47. The first kappa shape index (κ1) is 20.3. The fraction of sp³-hybridized carbons (Fsp3) is 0.529. The van der Waals surface area contributed by atoms with E-state index in [0.717, 1.165) is 25.1 Å². The third-order valence-corrected chi connectivity index (χ3v) is 4.02. The minimum atomic E-state index is -0.117. The summed E-state index contributed by atoms with van der Waals surface area (Å²) >= 11 is 0. The van der Waals surface area contributed by atoms with Crippen LogP contribution in [0.25, 0.3) is 0 Å². The van der Waals surface area contributed by atoms with E-state index in [-0.39, 0.29) is 42.8 Å².